The largest absolute Gasteiger partial charge is 0.392 e. The smallest absolute Gasteiger partial charge is 0.279 e. The number of aliphatic hydroxyl groups excluding tert-OH is 1. The van der Waals surface area contributed by atoms with Crippen molar-refractivity contribution in [1.29, 1.82) is 0 Å². The summed E-state index contributed by atoms with van der Waals surface area (Å²) < 4.78 is 0. The molecule has 0 aliphatic heterocycles. The summed E-state index contributed by atoms with van der Waals surface area (Å²) in [4.78, 5) is 14.4. The van der Waals surface area contributed by atoms with Crippen molar-refractivity contribution in [1.82, 2.24) is 15.2 Å². The number of aromatic nitrogens is 3. The molecule has 18 heavy (non-hydrogen) atoms. The normalized spacial score (nSPS) is 12.1. The predicted molar refractivity (Wildman–Crippen MR) is 68.3 cm³/mol. The van der Waals surface area contributed by atoms with Gasteiger partial charge in [0.15, 0.2) is 5.69 Å². The second-order valence-corrected chi connectivity index (χ2v) is 3.95. The van der Waals surface area contributed by atoms with Crippen LogP contribution in [0.5, 0.6) is 0 Å². The van der Waals surface area contributed by atoms with Crippen LogP contribution in [-0.4, -0.2) is 32.9 Å². The quantitative estimate of drug-likeness (QED) is 0.735. The van der Waals surface area contributed by atoms with Crippen LogP contribution in [0.3, 0.4) is 0 Å². The first-order chi connectivity index (χ1) is 8.66. The Morgan fingerprint density at radius 3 is 2.67 bits per heavy atom. The summed E-state index contributed by atoms with van der Waals surface area (Å²) in [6.07, 6.45) is -0.524. The van der Waals surface area contributed by atoms with Crippen LogP contribution in [0.2, 0.25) is 0 Å². The van der Waals surface area contributed by atoms with Crippen LogP contribution in [0.1, 0.15) is 6.92 Å². The van der Waals surface area contributed by atoms with Crippen molar-refractivity contribution in [2.45, 2.75) is 13.0 Å². The Bertz CT molecular complexity index is 566. The van der Waals surface area contributed by atoms with Crippen LogP contribution < -0.4 is 10.9 Å². The number of rotatable bonds is 4. The highest BCUT2D eigenvalue weighted by molar-refractivity contribution is 5.57. The molecule has 3 N–H and O–H groups in total. The summed E-state index contributed by atoms with van der Waals surface area (Å²) in [6, 6.07) is 9.11. The van der Waals surface area contributed by atoms with Gasteiger partial charge in [-0.2, -0.15) is 0 Å². The molecule has 0 spiro atoms. The predicted octanol–water partition coefficient (Wildman–Crippen LogP) is 0.625. The number of benzene rings is 1. The zero-order valence-electron chi connectivity index (χ0n) is 9.92. The zero-order chi connectivity index (χ0) is 13.0. The van der Waals surface area contributed by atoms with Gasteiger partial charge in [-0.3, -0.25) is 9.78 Å². The first-order valence-corrected chi connectivity index (χ1v) is 5.61. The molecule has 0 fully saturated rings. The number of hydrogen-bond acceptors (Lipinski definition) is 5. The lowest BCUT2D eigenvalue weighted by Crippen LogP contribution is -2.21. The second-order valence-electron chi connectivity index (χ2n) is 3.95. The summed E-state index contributed by atoms with van der Waals surface area (Å²) in [5.41, 5.74) is 0.677. The Labute approximate surface area is 104 Å². The van der Waals surface area contributed by atoms with Gasteiger partial charge < -0.3 is 10.4 Å². The lowest BCUT2D eigenvalue weighted by molar-refractivity contribution is 0.208. The van der Waals surface area contributed by atoms with E-state index in [0.717, 1.165) is 0 Å². The molecule has 0 radical (unpaired) electrons. The van der Waals surface area contributed by atoms with E-state index < -0.39 is 6.10 Å². The molecular weight excluding hydrogens is 232 g/mol. The molecule has 0 bridgehead atoms. The maximum atomic E-state index is 11.8. The maximum absolute atomic E-state index is 11.8. The van der Waals surface area contributed by atoms with E-state index in [9.17, 15) is 4.79 Å². The Kier molecular flexibility index (Phi) is 3.69. The summed E-state index contributed by atoms with van der Waals surface area (Å²) >= 11 is 0. The minimum Gasteiger partial charge on any atom is -0.392 e. The molecule has 94 valence electrons. The van der Waals surface area contributed by atoms with Gasteiger partial charge in [0, 0.05) is 12.1 Å². The number of aromatic amines is 1. The van der Waals surface area contributed by atoms with E-state index in [4.69, 9.17) is 5.11 Å². The Morgan fingerprint density at radius 2 is 2.06 bits per heavy atom. The molecule has 6 nitrogen and oxygen atoms in total. The molecule has 0 saturated heterocycles. The fourth-order valence-corrected chi connectivity index (χ4v) is 1.45. The summed E-state index contributed by atoms with van der Waals surface area (Å²) in [5, 5.41) is 19.6. The Hall–Kier alpha value is -2.21. The zero-order valence-corrected chi connectivity index (χ0v) is 9.92. The number of hydrogen-bond donors (Lipinski definition) is 3. The van der Waals surface area contributed by atoms with Gasteiger partial charge >= 0.3 is 0 Å². The van der Waals surface area contributed by atoms with Crippen molar-refractivity contribution in [3.05, 3.63) is 40.7 Å². The molecule has 1 aromatic heterocycles. The van der Waals surface area contributed by atoms with Crippen LogP contribution in [-0.2, 0) is 0 Å². The van der Waals surface area contributed by atoms with E-state index in [2.05, 4.69) is 20.5 Å². The topological polar surface area (TPSA) is 90.9 Å². The van der Waals surface area contributed by atoms with Crippen LogP contribution in [0.15, 0.2) is 35.1 Å². The van der Waals surface area contributed by atoms with Crippen molar-refractivity contribution in [2.24, 2.45) is 0 Å². The third-order valence-electron chi connectivity index (χ3n) is 2.31. The van der Waals surface area contributed by atoms with Gasteiger partial charge in [-0.15, -0.1) is 10.2 Å². The van der Waals surface area contributed by atoms with Crippen LogP contribution in [0, 0.1) is 0 Å². The van der Waals surface area contributed by atoms with Crippen molar-refractivity contribution in [3.63, 3.8) is 0 Å². The van der Waals surface area contributed by atoms with Crippen LogP contribution in [0.4, 0.5) is 5.95 Å². The number of aliphatic hydroxyl groups is 1. The van der Waals surface area contributed by atoms with Crippen LogP contribution in [0.25, 0.3) is 11.3 Å². The van der Waals surface area contributed by atoms with Gasteiger partial charge in [0.25, 0.3) is 5.56 Å². The molecule has 0 amide bonds. The highest BCUT2D eigenvalue weighted by Crippen LogP contribution is 2.10. The fraction of sp³-hybridized carbons (Fsp3) is 0.250. The van der Waals surface area contributed by atoms with Crippen molar-refractivity contribution >= 4 is 5.95 Å². The van der Waals surface area contributed by atoms with E-state index in [1.165, 1.54) is 0 Å². The third-order valence-corrected chi connectivity index (χ3v) is 2.31. The second kappa shape index (κ2) is 5.42. The van der Waals surface area contributed by atoms with Gasteiger partial charge in [0.1, 0.15) is 0 Å². The standard InChI is InChI=1S/C12H14N4O2/c1-8(17)7-13-12-14-11(18)10(15-16-12)9-5-3-2-4-6-9/h2-6,8,17H,7H2,1H3,(H2,13,14,16,18). The third kappa shape index (κ3) is 2.92. The number of nitrogens with zero attached hydrogens (tertiary/aromatic N) is 2. The van der Waals surface area contributed by atoms with Gasteiger partial charge in [-0.25, -0.2) is 0 Å². The highest BCUT2D eigenvalue weighted by atomic mass is 16.3. The first kappa shape index (κ1) is 12.3. The van der Waals surface area contributed by atoms with E-state index >= 15 is 0 Å². The molecule has 1 atom stereocenters. The summed E-state index contributed by atoms with van der Waals surface area (Å²) in [6.45, 7) is 1.94. The molecule has 1 heterocycles. The average molecular weight is 246 g/mol. The SMILES string of the molecule is CC(O)CNc1nnc(-c2ccccc2)c(=O)[nH]1. The van der Waals surface area contributed by atoms with Gasteiger partial charge in [-0.05, 0) is 6.92 Å². The maximum Gasteiger partial charge on any atom is 0.279 e. The molecule has 0 aliphatic rings. The summed E-state index contributed by atoms with van der Waals surface area (Å²) in [5.74, 6) is 0.251. The Balaban J connectivity index is 2.23. The van der Waals surface area contributed by atoms with E-state index in [1.54, 1.807) is 19.1 Å². The lowest BCUT2D eigenvalue weighted by atomic mass is 10.2. The Morgan fingerprint density at radius 1 is 1.33 bits per heavy atom. The number of H-pyrrole nitrogens is 1. The molecule has 1 aromatic carbocycles. The fourth-order valence-electron chi connectivity index (χ4n) is 1.45. The van der Waals surface area contributed by atoms with Gasteiger partial charge in [0.2, 0.25) is 5.95 Å². The molecule has 2 rings (SSSR count). The van der Waals surface area contributed by atoms with Crippen molar-refractivity contribution in [2.75, 3.05) is 11.9 Å². The molecule has 0 saturated carbocycles. The molecule has 2 aromatic rings. The minimum absolute atomic E-state index is 0.251. The van der Waals surface area contributed by atoms with Gasteiger partial charge in [-0.1, -0.05) is 30.3 Å². The molecular formula is C12H14N4O2. The van der Waals surface area contributed by atoms with Gasteiger partial charge in [0.05, 0.1) is 6.10 Å². The monoisotopic (exact) mass is 246 g/mol. The molecule has 6 heteroatoms. The van der Waals surface area contributed by atoms with Crippen molar-refractivity contribution < 1.29 is 5.11 Å². The van der Waals surface area contributed by atoms with Crippen molar-refractivity contribution in [3.8, 4) is 11.3 Å². The number of anilines is 1. The van der Waals surface area contributed by atoms with E-state index in [1.807, 2.05) is 18.2 Å². The molecule has 0 aliphatic carbocycles. The lowest BCUT2D eigenvalue weighted by Gasteiger charge is -2.06. The molecule has 1 unspecified atom stereocenters. The minimum atomic E-state index is -0.524. The van der Waals surface area contributed by atoms with E-state index in [-0.39, 0.29) is 17.2 Å². The number of nitrogens with one attached hydrogen (secondary N) is 2. The van der Waals surface area contributed by atoms with Crippen LogP contribution >= 0.6 is 0 Å². The summed E-state index contributed by atoms with van der Waals surface area (Å²) in [7, 11) is 0. The first-order valence-electron chi connectivity index (χ1n) is 5.61. The highest BCUT2D eigenvalue weighted by Gasteiger charge is 2.07. The average Bonchev–Trinajstić information content (AvgIpc) is 2.37. The van der Waals surface area contributed by atoms with E-state index in [0.29, 0.717) is 12.1 Å².